The van der Waals surface area contributed by atoms with Crippen LogP contribution in [0.15, 0.2) is 36.0 Å². The Bertz CT molecular complexity index is 558. The molecule has 4 nitrogen and oxygen atoms in total. The summed E-state index contributed by atoms with van der Waals surface area (Å²) >= 11 is 1.75. The zero-order chi connectivity index (χ0) is 14.7. The number of fused-ring (bicyclic) bond motifs is 1. The Morgan fingerprint density at radius 1 is 1.33 bits per heavy atom. The molecule has 0 unspecified atom stereocenters. The van der Waals surface area contributed by atoms with Gasteiger partial charge >= 0.3 is 0 Å². The van der Waals surface area contributed by atoms with Crippen molar-refractivity contribution in [2.24, 2.45) is 5.73 Å². The van der Waals surface area contributed by atoms with Gasteiger partial charge in [-0.05, 0) is 17.5 Å². The van der Waals surface area contributed by atoms with Crippen LogP contribution in [0.3, 0.4) is 0 Å². The quantitative estimate of drug-likeness (QED) is 0.816. The van der Waals surface area contributed by atoms with Crippen LogP contribution in [0.4, 0.5) is 0 Å². The van der Waals surface area contributed by atoms with Crippen molar-refractivity contribution in [3.63, 3.8) is 0 Å². The first kappa shape index (κ1) is 14.5. The fourth-order valence-electron chi connectivity index (χ4n) is 2.79. The van der Waals surface area contributed by atoms with E-state index in [-0.39, 0.29) is 11.9 Å². The highest BCUT2D eigenvalue weighted by molar-refractivity contribution is 7.99. The highest BCUT2D eigenvalue weighted by atomic mass is 32.2. The predicted octanol–water partition coefficient (Wildman–Crippen LogP) is 1.12. The van der Waals surface area contributed by atoms with E-state index in [1.165, 1.54) is 11.1 Å². The lowest BCUT2D eigenvalue weighted by Gasteiger charge is -2.32. The molecule has 0 aliphatic carbocycles. The average molecular weight is 303 g/mol. The molecule has 21 heavy (non-hydrogen) atoms. The van der Waals surface area contributed by atoms with Crippen LogP contribution >= 0.6 is 11.8 Å². The molecule has 2 aliphatic heterocycles. The topological polar surface area (TPSA) is 58.4 Å². The fourth-order valence-corrected chi connectivity index (χ4v) is 3.75. The molecule has 0 aromatic heterocycles. The molecule has 0 bridgehead atoms. The second-order valence-electron chi connectivity index (χ2n) is 5.53. The smallest absolute Gasteiger partial charge is 0.240 e. The van der Waals surface area contributed by atoms with Gasteiger partial charge in [0.15, 0.2) is 0 Å². The fraction of sp³-hybridized carbons (Fsp3) is 0.438. The summed E-state index contributed by atoms with van der Waals surface area (Å²) in [5.74, 6) is 1.90. The van der Waals surface area contributed by atoms with Crippen LogP contribution in [-0.2, 0) is 17.8 Å². The van der Waals surface area contributed by atoms with Gasteiger partial charge in [0.25, 0.3) is 0 Å². The summed E-state index contributed by atoms with van der Waals surface area (Å²) in [4.78, 5) is 14.7. The van der Waals surface area contributed by atoms with Crippen molar-refractivity contribution in [2.75, 3.05) is 24.6 Å². The zero-order valence-electron chi connectivity index (χ0n) is 12.0. The highest BCUT2D eigenvalue weighted by Crippen LogP contribution is 2.20. The lowest BCUT2D eigenvalue weighted by atomic mass is 9.99. The summed E-state index contributed by atoms with van der Waals surface area (Å²) in [6, 6.07) is 8.26. The first-order valence-electron chi connectivity index (χ1n) is 7.35. The summed E-state index contributed by atoms with van der Waals surface area (Å²) in [5, 5.41) is 3.29. The Morgan fingerprint density at radius 2 is 2.14 bits per heavy atom. The van der Waals surface area contributed by atoms with Crippen LogP contribution in [-0.4, -0.2) is 41.4 Å². The van der Waals surface area contributed by atoms with E-state index < -0.39 is 0 Å². The maximum atomic E-state index is 12.7. The molecule has 0 saturated heterocycles. The molecule has 0 fully saturated rings. The molecule has 1 aromatic carbocycles. The van der Waals surface area contributed by atoms with Gasteiger partial charge < -0.3 is 10.6 Å². The number of carbonyl (C=O) groups excluding carboxylic acids is 1. The summed E-state index contributed by atoms with van der Waals surface area (Å²) in [6.45, 7) is 2.13. The molecule has 2 aliphatic rings. The van der Waals surface area contributed by atoms with Crippen molar-refractivity contribution in [2.45, 2.75) is 19.0 Å². The summed E-state index contributed by atoms with van der Waals surface area (Å²) in [6.07, 6.45) is 2.97. The van der Waals surface area contributed by atoms with Gasteiger partial charge in [-0.15, -0.1) is 0 Å². The number of rotatable bonds is 1. The lowest BCUT2D eigenvalue weighted by Crippen LogP contribution is -2.50. The molecule has 1 atom stereocenters. The second kappa shape index (κ2) is 6.54. The third-order valence-electron chi connectivity index (χ3n) is 4.04. The molecule has 112 valence electrons. The molecule has 5 heteroatoms. The normalized spacial score (nSPS) is 25.2. The van der Waals surface area contributed by atoms with Crippen LogP contribution in [0, 0.1) is 0 Å². The maximum absolute atomic E-state index is 12.7. The maximum Gasteiger partial charge on any atom is 0.240 e. The van der Waals surface area contributed by atoms with E-state index >= 15 is 0 Å². The summed E-state index contributed by atoms with van der Waals surface area (Å²) < 4.78 is 0. The van der Waals surface area contributed by atoms with Crippen molar-refractivity contribution < 1.29 is 4.79 Å². The van der Waals surface area contributed by atoms with Gasteiger partial charge in [-0.25, -0.2) is 0 Å². The van der Waals surface area contributed by atoms with E-state index in [1.54, 1.807) is 11.8 Å². The molecule has 0 spiro atoms. The van der Waals surface area contributed by atoms with Crippen LogP contribution in [0.1, 0.15) is 11.1 Å². The van der Waals surface area contributed by atoms with Gasteiger partial charge in [-0.1, -0.05) is 30.3 Å². The Hall–Kier alpha value is -1.46. The number of thioether (sulfide) groups is 1. The van der Waals surface area contributed by atoms with E-state index in [2.05, 4.69) is 23.5 Å². The van der Waals surface area contributed by atoms with Gasteiger partial charge in [0.1, 0.15) is 0 Å². The van der Waals surface area contributed by atoms with E-state index in [0.29, 0.717) is 6.54 Å². The SMILES string of the molecule is N/C1=C/CSC[C@@H](C(=O)N2CCc3ccccc3C2)NC1. The Labute approximate surface area is 129 Å². The van der Waals surface area contributed by atoms with Crippen molar-refractivity contribution in [1.82, 2.24) is 10.2 Å². The molecule has 2 heterocycles. The van der Waals surface area contributed by atoms with Crippen LogP contribution in [0.2, 0.25) is 0 Å². The van der Waals surface area contributed by atoms with Crippen molar-refractivity contribution in [1.29, 1.82) is 0 Å². The van der Waals surface area contributed by atoms with Gasteiger partial charge in [-0.3, -0.25) is 10.1 Å². The molecule has 0 saturated carbocycles. The lowest BCUT2D eigenvalue weighted by molar-refractivity contribution is -0.133. The van der Waals surface area contributed by atoms with Gasteiger partial charge in [0, 0.05) is 36.8 Å². The number of nitrogens with zero attached hydrogens (tertiary/aromatic N) is 1. The highest BCUT2D eigenvalue weighted by Gasteiger charge is 2.27. The largest absolute Gasteiger partial charge is 0.401 e. The minimum atomic E-state index is -0.132. The molecule has 1 aromatic rings. The van der Waals surface area contributed by atoms with E-state index in [0.717, 1.165) is 36.7 Å². The minimum absolute atomic E-state index is 0.132. The van der Waals surface area contributed by atoms with Crippen LogP contribution < -0.4 is 11.1 Å². The van der Waals surface area contributed by atoms with E-state index in [9.17, 15) is 4.79 Å². The number of hydrogen-bond donors (Lipinski definition) is 2. The molecular weight excluding hydrogens is 282 g/mol. The van der Waals surface area contributed by atoms with Crippen molar-refractivity contribution in [3.8, 4) is 0 Å². The third kappa shape index (κ3) is 3.41. The number of nitrogens with one attached hydrogen (secondary N) is 1. The number of benzene rings is 1. The minimum Gasteiger partial charge on any atom is -0.401 e. The van der Waals surface area contributed by atoms with Gasteiger partial charge in [0.05, 0.1) is 6.04 Å². The number of amides is 1. The Kier molecular flexibility index (Phi) is 4.51. The summed E-state index contributed by atoms with van der Waals surface area (Å²) in [7, 11) is 0. The van der Waals surface area contributed by atoms with Gasteiger partial charge in [0.2, 0.25) is 5.91 Å². The van der Waals surface area contributed by atoms with Crippen molar-refractivity contribution in [3.05, 3.63) is 47.2 Å². The number of nitrogens with two attached hydrogens (primary N) is 1. The zero-order valence-corrected chi connectivity index (χ0v) is 12.9. The van der Waals surface area contributed by atoms with Crippen LogP contribution in [0.25, 0.3) is 0 Å². The molecule has 1 amide bonds. The monoisotopic (exact) mass is 303 g/mol. The standard InChI is InChI=1S/C16H21N3OS/c17-14-6-8-21-11-15(18-9-14)16(20)19-7-5-12-3-1-2-4-13(12)10-19/h1-4,6,15,18H,5,7-11,17H2/b14-6+/t15-/m0/s1. The number of hydrogen-bond acceptors (Lipinski definition) is 4. The molecule has 3 N–H and O–H groups in total. The third-order valence-corrected chi connectivity index (χ3v) is 5.01. The molecule has 3 rings (SSSR count). The summed E-state index contributed by atoms with van der Waals surface area (Å²) in [5.41, 5.74) is 9.33. The predicted molar refractivity (Wildman–Crippen MR) is 86.9 cm³/mol. The second-order valence-corrected chi connectivity index (χ2v) is 6.60. The first-order chi connectivity index (χ1) is 10.2. The van der Waals surface area contributed by atoms with Crippen LogP contribution in [0.5, 0.6) is 0 Å². The first-order valence-corrected chi connectivity index (χ1v) is 8.50. The van der Waals surface area contributed by atoms with E-state index in [4.69, 9.17) is 5.73 Å². The van der Waals surface area contributed by atoms with E-state index in [1.807, 2.05) is 17.0 Å². The average Bonchev–Trinajstić information content (AvgIpc) is 2.50. The molecular formula is C16H21N3OS. The molecule has 0 radical (unpaired) electrons. The van der Waals surface area contributed by atoms with Gasteiger partial charge in [-0.2, -0.15) is 11.8 Å². The van der Waals surface area contributed by atoms with Crippen molar-refractivity contribution >= 4 is 17.7 Å². The Morgan fingerprint density at radius 3 is 3.00 bits per heavy atom. The Balaban J connectivity index is 1.67. The number of carbonyl (C=O) groups is 1.